The van der Waals surface area contributed by atoms with Gasteiger partial charge in [0.25, 0.3) is 0 Å². The maximum Gasteiger partial charge on any atom is 0.130 e. The highest BCUT2D eigenvalue weighted by molar-refractivity contribution is 5.19. The van der Waals surface area contributed by atoms with E-state index in [1.807, 2.05) is 6.92 Å². The average molecular weight is 215 g/mol. The third-order valence-electron chi connectivity index (χ3n) is 2.25. The van der Waals surface area contributed by atoms with Gasteiger partial charge in [-0.1, -0.05) is 6.07 Å². The van der Waals surface area contributed by atoms with Crippen molar-refractivity contribution in [3.05, 3.63) is 35.4 Å². The molecular formula is C11H15F2NO. The number of halogens is 2. The maximum atomic E-state index is 13.2. The molecule has 1 rings (SSSR count). The van der Waals surface area contributed by atoms with Gasteiger partial charge in [0.2, 0.25) is 0 Å². The molecule has 4 heteroatoms. The third kappa shape index (κ3) is 3.57. The number of nitrogens with one attached hydrogen (secondary N) is 1. The van der Waals surface area contributed by atoms with Crippen LogP contribution in [0.2, 0.25) is 0 Å². The first-order valence-electron chi connectivity index (χ1n) is 4.92. The van der Waals surface area contributed by atoms with Crippen LogP contribution in [-0.4, -0.2) is 17.8 Å². The molecular weight excluding hydrogens is 200 g/mol. The topological polar surface area (TPSA) is 32.3 Å². The fraction of sp³-hybridized carbons (Fsp3) is 0.455. The van der Waals surface area contributed by atoms with Gasteiger partial charge >= 0.3 is 0 Å². The van der Waals surface area contributed by atoms with Crippen LogP contribution in [0.4, 0.5) is 8.78 Å². The Morgan fingerprint density at radius 2 is 1.93 bits per heavy atom. The minimum Gasteiger partial charge on any atom is -0.396 e. The summed E-state index contributed by atoms with van der Waals surface area (Å²) in [5.41, 5.74) is 0.0438. The number of benzene rings is 1. The van der Waals surface area contributed by atoms with Crippen molar-refractivity contribution >= 4 is 0 Å². The van der Waals surface area contributed by atoms with Crippen molar-refractivity contribution in [2.45, 2.75) is 25.9 Å². The van der Waals surface area contributed by atoms with E-state index in [0.29, 0.717) is 6.42 Å². The first kappa shape index (κ1) is 12.1. The first-order valence-corrected chi connectivity index (χ1v) is 4.92. The normalized spacial score (nSPS) is 12.8. The predicted molar refractivity (Wildman–Crippen MR) is 54.4 cm³/mol. The lowest BCUT2D eigenvalue weighted by Gasteiger charge is -2.13. The highest BCUT2D eigenvalue weighted by Gasteiger charge is 2.09. The largest absolute Gasteiger partial charge is 0.396 e. The number of hydrogen-bond acceptors (Lipinski definition) is 2. The summed E-state index contributed by atoms with van der Waals surface area (Å²) in [4.78, 5) is 0. The van der Waals surface area contributed by atoms with Gasteiger partial charge in [-0.15, -0.1) is 0 Å². The summed E-state index contributed by atoms with van der Waals surface area (Å²) in [7, 11) is 0. The van der Waals surface area contributed by atoms with E-state index >= 15 is 0 Å². The summed E-state index contributed by atoms with van der Waals surface area (Å²) >= 11 is 0. The van der Waals surface area contributed by atoms with E-state index in [2.05, 4.69) is 5.32 Å². The Bertz CT molecular complexity index is 297. The van der Waals surface area contributed by atoms with Gasteiger partial charge in [0.1, 0.15) is 11.6 Å². The van der Waals surface area contributed by atoms with E-state index in [4.69, 9.17) is 5.11 Å². The summed E-state index contributed by atoms with van der Waals surface area (Å²) < 4.78 is 26.3. The molecule has 1 aromatic carbocycles. The van der Waals surface area contributed by atoms with Gasteiger partial charge in [-0.05, 0) is 25.5 Å². The second-order valence-electron chi connectivity index (χ2n) is 3.49. The molecule has 0 saturated carbocycles. The minimum atomic E-state index is -0.543. The van der Waals surface area contributed by atoms with E-state index in [1.165, 1.54) is 18.2 Å². The number of rotatable bonds is 5. The lowest BCUT2D eigenvalue weighted by Crippen LogP contribution is -2.27. The van der Waals surface area contributed by atoms with Gasteiger partial charge in [-0.2, -0.15) is 0 Å². The lowest BCUT2D eigenvalue weighted by molar-refractivity contribution is 0.268. The number of aliphatic hydroxyl groups is 1. The van der Waals surface area contributed by atoms with Crippen LogP contribution in [-0.2, 0) is 6.54 Å². The van der Waals surface area contributed by atoms with E-state index in [-0.39, 0.29) is 24.8 Å². The van der Waals surface area contributed by atoms with Crippen LogP contribution in [0.5, 0.6) is 0 Å². The van der Waals surface area contributed by atoms with Crippen molar-refractivity contribution < 1.29 is 13.9 Å². The smallest absolute Gasteiger partial charge is 0.130 e. The Morgan fingerprint density at radius 3 is 2.47 bits per heavy atom. The third-order valence-corrected chi connectivity index (χ3v) is 2.25. The molecule has 0 heterocycles. The Labute approximate surface area is 87.9 Å². The highest BCUT2D eigenvalue weighted by atomic mass is 19.1. The van der Waals surface area contributed by atoms with E-state index in [0.717, 1.165) is 0 Å². The number of aliphatic hydroxyl groups excluding tert-OH is 1. The molecule has 84 valence electrons. The lowest BCUT2D eigenvalue weighted by atomic mass is 10.1. The summed E-state index contributed by atoms with van der Waals surface area (Å²) in [5, 5.41) is 11.6. The zero-order valence-electron chi connectivity index (χ0n) is 8.63. The zero-order valence-corrected chi connectivity index (χ0v) is 8.63. The molecule has 0 aromatic heterocycles. The molecule has 2 N–H and O–H groups in total. The van der Waals surface area contributed by atoms with E-state index in [1.54, 1.807) is 0 Å². The first-order chi connectivity index (χ1) is 7.15. The monoisotopic (exact) mass is 215 g/mol. The highest BCUT2D eigenvalue weighted by Crippen LogP contribution is 2.11. The molecule has 0 fully saturated rings. The van der Waals surface area contributed by atoms with Crippen LogP contribution < -0.4 is 5.32 Å². The zero-order chi connectivity index (χ0) is 11.3. The molecule has 0 aliphatic carbocycles. The molecule has 1 atom stereocenters. The van der Waals surface area contributed by atoms with Crippen LogP contribution in [0.15, 0.2) is 18.2 Å². The van der Waals surface area contributed by atoms with Crippen molar-refractivity contribution in [3.8, 4) is 0 Å². The molecule has 15 heavy (non-hydrogen) atoms. The van der Waals surface area contributed by atoms with Crippen LogP contribution in [0.1, 0.15) is 18.9 Å². The molecule has 0 spiro atoms. The Hall–Kier alpha value is -1.00. The van der Waals surface area contributed by atoms with Crippen molar-refractivity contribution in [1.82, 2.24) is 5.32 Å². The van der Waals surface area contributed by atoms with Crippen LogP contribution in [0.3, 0.4) is 0 Å². The van der Waals surface area contributed by atoms with Crippen LogP contribution in [0, 0.1) is 11.6 Å². The number of hydrogen-bond donors (Lipinski definition) is 2. The molecule has 0 bridgehead atoms. The van der Waals surface area contributed by atoms with Gasteiger partial charge in [0.05, 0.1) is 0 Å². The van der Waals surface area contributed by atoms with Gasteiger partial charge in [-0.25, -0.2) is 8.78 Å². The maximum absolute atomic E-state index is 13.2. The van der Waals surface area contributed by atoms with Gasteiger partial charge in [0, 0.05) is 24.8 Å². The molecule has 0 amide bonds. The van der Waals surface area contributed by atoms with Crippen molar-refractivity contribution in [2.24, 2.45) is 0 Å². The van der Waals surface area contributed by atoms with Gasteiger partial charge in [-0.3, -0.25) is 0 Å². The summed E-state index contributed by atoms with van der Waals surface area (Å²) in [6.45, 7) is 2.06. The summed E-state index contributed by atoms with van der Waals surface area (Å²) in [5.74, 6) is -1.09. The second-order valence-corrected chi connectivity index (χ2v) is 3.49. The van der Waals surface area contributed by atoms with Crippen molar-refractivity contribution in [2.75, 3.05) is 6.61 Å². The van der Waals surface area contributed by atoms with Gasteiger partial charge in [0.15, 0.2) is 0 Å². The quantitative estimate of drug-likeness (QED) is 0.785. The fourth-order valence-corrected chi connectivity index (χ4v) is 1.27. The van der Waals surface area contributed by atoms with E-state index < -0.39 is 11.6 Å². The Kier molecular flexibility index (Phi) is 4.65. The predicted octanol–water partition coefficient (Wildman–Crippen LogP) is 1.83. The molecule has 0 aliphatic rings. The standard InChI is InChI=1S/C11H15F2NO/c1-8(5-6-15)14-7-9-10(12)3-2-4-11(9)13/h2-4,8,14-15H,5-7H2,1H3. The summed E-state index contributed by atoms with van der Waals surface area (Å²) in [6, 6.07) is 3.84. The van der Waals surface area contributed by atoms with Crippen LogP contribution >= 0.6 is 0 Å². The molecule has 1 aromatic rings. The molecule has 0 radical (unpaired) electrons. The average Bonchev–Trinajstić information content (AvgIpc) is 2.17. The van der Waals surface area contributed by atoms with E-state index in [9.17, 15) is 8.78 Å². The molecule has 0 aliphatic heterocycles. The minimum absolute atomic E-state index is 0.0361. The second kappa shape index (κ2) is 5.78. The molecule has 1 unspecified atom stereocenters. The fourth-order valence-electron chi connectivity index (χ4n) is 1.27. The van der Waals surface area contributed by atoms with Crippen molar-refractivity contribution in [1.29, 1.82) is 0 Å². The van der Waals surface area contributed by atoms with Gasteiger partial charge < -0.3 is 10.4 Å². The molecule has 0 saturated heterocycles. The SMILES string of the molecule is CC(CCO)NCc1c(F)cccc1F. The molecule has 2 nitrogen and oxygen atoms in total. The Morgan fingerprint density at radius 1 is 1.33 bits per heavy atom. The summed E-state index contributed by atoms with van der Waals surface area (Å²) in [6.07, 6.45) is 0.566. The van der Waals surface area contributed by atoms with Crippen molar-refractivity contribution in [3.63, 3.8) is 0 Å². The van der Waals surface area contributed by atoms with Crippen LogP contribution in [0.25, 0.3) is 0 Å². The Balaban J connectivity index is 2.57.